The van der Waals surface area contributed by atoms with Crippen LogP contribution in [0.2, 0.25) is 0 Å². The van der Waals surface area contributed by atoms with Crippen molar-refractivity contribution < 1.29 is 43.7 Å². The first-order chi connectivity index (χ1) is 17.7. The molecule has 0 heterocycles. The van der Waals surface area contributed by atoms with Crippen LogP contribution in [0.1, 0.15) is 37.8 Å². The van der Waals surface area contributed by atoms with E-state index in [-0.39, 0.29) is 32.0 Å². The molecule has 0 saturated carbocycles. The molecule has 2 aliphatic rings. The van der Waals surface area contributed by atoms with Gasteiger partial charge in [-0.25, -0.2) is 0 Å². The Labute approximate surface area is 216 Å². The predicted molar refractivity (Wildman–Crippen MR) is 131 cm³/mol. The number of benzene rings is 2. The molecule has 0 aromatic heterocycles. The first kappa shape index (κ1) is 26.8. The van der Waals surface area contributed by atoms with Gasteiger partial charge in [-0.15, -0.1) is 0 Å². The van der Waals surface area contributed by atoms with Crippen LogP contribution in [-0.4, -0.2) is 11.8 Å². The van der Waals surface area contributed by atoms with Crippen LogP contribution in [0.25, 0.3) is 0 Å². The molecule has 2 aliphatic carbocycles. The van der Waals surface area contributed by atoms with Crippen LogP contribution in [0.15, 0.2) is 68.5 Å². The Balaban J connectivity index is 2.09. The van der Waals surface area contributed by atoms with Gasteiger partial charge in [-0.1, -0.05) is 0 Å². The zero-order chi connectivity index (χ0) is 26.7. The molecule has 0 unspecified atom stereocenters. The van der Waals surface area contributed by atoms with E-state index in [9.17, 15) is 9.59 Å². The molecule has 0 radical (unpaired) electrons. The van der Waals surface area contributed by atoms with Crippen LogP contribution >= 0.6 is 0 Å². The van der Waals surface area contributed by atoms with Crippen LogP contribution in [0, 0.1) is 23.3 Å². The third-order valence-corrected chi connectivity index (χ3v) is 14.6. The van der Waals surface area contributed by atoms with E-state index in [1.54, 1.807) is 36.5 Å². The Kier molecular flexibility index (Phi) is 8.00. The molecule has 2 aromatic rings. The van der Waals surface area contributed by atoms with E-state index in [4.69, 9.17) is 0 Å². The second kappa shape index (κ2) is 11.0. The van der Waals surface area contributed by atoms with Crippen molar-refractivity contribution in [2.45, 2.75) is 39.8 Å². The molecule has 0 fully saturated rings. The van der Waals surface area contributed by atoms with Crippen LogP contribution in [0.5, 0.6) is 0 Å². The Hall–Kier alpha value is -3.23. The van der Waals surface area contributed by atoms with Crippen molar-refractivity contribution in [3.05, 3.63) is 103 Å². The summed E-state index contributed by atoms with van der Waals surface area (Å²) in [6.45, 7) is 2.16. The number of allylic oxidation sites excluding steroid dienone is 8. The van der Waals surface area contributed by atoms with E-state index >= 15 is 17.6 Å². The topological polar surface area (TPSA) is 58.2 Å². The molecule has 2 N–H and O–H groups in total. The van der Waals surface area contributed by atoms with E-state index in [0.717, 1.165) is 12.1 Å². The molecule has 0 atom stereocenters. The summed E-state index contributed by atoms with van der Waals surface area (Å²) in [5.74, 6) is -4.41. The van der Waals surface area contributed by atoms with Crippen molar-refractivity contribution in [3.63, 3.8) is 0 Å². The third-order valence-electron chi connectivity index (χ3n) is 6.65. The summed E-state index contributed by atoms with van der Waals surface area (Å²) in [6, 6.07) is 4.66. The van der Waals surface area contributed by atoms with Crippen molar-refractivity contribution in [2.24, 2.45) is 0 Å². The number of nitrogens with one attached hydrogen (secondary N) is 2. The van der Waals surface area contributed by atoms with Gasteiger partial charge in [0.25, 0.3) is 0 Å². The van der Waals surface area contributed by atoms with Gasteiger partial charge in [-0.05, 0) is 0 Å². The fraction of sp³-hybridized carbons (Fsp3) is 0.214. The number of amides is 2. The van der Waals surface area contributed by atoms with Crippen molar-refractivity contribution in [2.75, 3.05) is 0 Å². The van der Waals surface area contributed by atoms with E-state index in [1.807, 2.05) is 0 Å². The third kappa shape index (κ3) is 5.00. The molecule has 2 amide bonds. The van der Waals surface area contributed by atoms with Gasteiger partial charge >= 0.3 is 217 Å². The predicted octanol–water partition coefficient (Wildman–Crippen LogP) is 4.31. The Morgan fingerprint density at radius 1 is 0.730 bits per heavy atom. The summed E-state index contributed by atoms with van der Waals surface area (Å²) in [5.41, 5.74) is 0.0462. The summed E-state index contributed by atoms with van der Waals surface area (Å²) in [5, 5.41) is 5.03. The van der Waals surface area contributed by atoms with Gasteiger partial charge in [0.2, 0.25) is 0 Å². The van der Waals surface area contributed by atoms with Gasteiger partial charge in [-0.2, -0.15) is 0 Å². The zero-order valence-electron chi connectivity index (χ0n) is 20.4. The minimum atomic E-state index is -4.93. The molecule has 4 rings (SSSR count). The normalized spacial score (nSPS) is 14.5. The van der Waals surface area contributed by atoms with Gasteiger partial charge in [0.15, 0.2) is 0 Å². The van der Waals surface area contributed by atoms with Crippen molar-refractivity contribution >= 4 is 19.6 Å². The monoisotopic (exact) mass is 546 g/mol. The standard InChI is InChI=1S/2C9H8F2NO.2C5H5.Ti/c2*1-6(13)12-5-7-2-3-8(10)4-9(7)11;2*1-2-4-5-3-1;/h2*2-3H,5H2,1H3,(H,12,13);2*1-3H,4H2;. The van der Waals surface area contributed by atoms with Gasteiger partial charge in [0, 0.05) is 0 Å². The van der Waals surface area contributed by atoms with Crippen LogP contribution in [0.4, 0.5) is 17.6 Å². The molecule has 0 spiro atoms. The van der Waals surface area contributed by atoms with Crippen molar-refractivity contribution in [1.29, 1.82) is 0 Å². The number of hydrogen-bond donors (Lipinski definition) is 2. The average molecular weight is 546 g/mol. The second-order valence-corrected chi connectivity index (χ2v) is 14.9. The first-order valence-electron chi connectivity index (χ1n) is 11.8. The maximum absolute atomic E-state index is 16.3. The summed E-state index contributed by atoms with van der Waals surface area (Å²) < 4.78 is 64.9. The molecular weight excluding hydrogens is 520 g/mol. The van der Waals surface area contributed by atoms with E-state index in [0.29, 0.717) is 20.6 Å². The number of halogens is 4. The minimum absolute atomic E-state index is 0.0231. The fourth-order valence-corrected chi connectivity index (χ4v) is 13.4. The molecule has 4 nitrogen and oxygen atoms in total. The van der Waals surface area contributed by atoms with E-state index in [1.165, 1.54) is 26.0 Å². The summed E-state index contributed by atoms with van der Waals surface area (Å²) in [7, 11) is 0. The Morgan fingerprint density at radius 2 is 1.14 bits per heavy atom. The van der Waals surface area contributed by atoms with E-state index in [2.05, 4.69) is 10.6 Å². The first-order valence-corrected chi connectivity index (χ1v) is 15.0. The zero-order valence-corrected chi connectivity index (χ0v) is 22.0. The van der Waals surface area contributed by atoms with Crippen molar-refractivity contribution in [3.8, 4) is 0 Å². The fourth-order valence-electron chi connectivity index (χ4n) is 5.02. The number of rotatable bonds is 8. The van der Waals surface area contributed by atoms with Crippen LogP contribution < -0.4 is 18.4 Å². The van der Waals surface area contributed by atoms with Gasteiger partial charge < -0.3 is 0 Å². The molecule has 0 aliphatic heterocycles. The quantitative estimate of drug-likeness (QED) is 0.383. The molecule has 0 saturated heterocycles. The molecule has 37 heavy (non-hydrogen) atoms. The van der Waals surface area contributed by atoms with Crippen LogP contribution in [-0.2, 0) is 39.3 Å². The summed E-state index contributed by atoms with van der Waals surface area (Å²) >= 11 is -4.93. The van der Waals surface area contributed by atoms with Gasteiger partial charge in [0.05, 0.1) is 0 Å². The average Bonchev–Trinajstić information content (AvgIpc) is 3.57. The number of carbonyl (C=O) groups excluding carboxylic acids is 2. The Bertz CT molecular complexity index is 1290. The van der Waals surface area contributed by atoms with Crippen molar-refractivity contribution in [1.82, 2.24) is 10.6 Å². The summed E-state index contributed by atoms with van der Waals surface area (Å²) in [6.07, 6.45) is 11.1. The van der Waals surface area contributed by atoms with Gasteiger partial charge in [-0.3, -0.25) is 0 Å². The second-order valence-electron chi connectivity index (χ2n) is 9.01. The maximum atomic E-state index is 16.3. The molecule has 2 aromatic carbocycles. The molecule has 192 valence electrons. The van der Waals surface area contributed by atoms with Crippen LogP contribution in [0.3, 0.4) is 0 Å². The number of carbonyl (C=O) groups is 2. The van der Waals surface area contributed by atoms with Gasteiger partial charge in [0.1, 0.15) is 0 Å². The number of hydrogen-bond acceptors (Lipinski definition) is 2. The molecular formula is C28H26F4N2O2Ti. The Morgan fingerprint density at radius 3 is 1.46 bits per heavy atom. The SMILES string of the molecule is CC(=O)NCc1ccc(F)[c]([Ti]([C]2=CC=CC2)([C]2=CC=CC2)[c]2c(F)ccc(CNC(C)=O)c2F)c1F. The van der Waals surface area contributed by atoms with E-state index < -0.39 is 51.7 Å². The molecule has 9 heteroatoms. The summed E-state index contributed by atoms with van der Waals surface area (Å²) in [4.78, 5) is 23.0. The molecule has 0 bridgehead atoms.